The Bertz CT molecular complexity index is 471. The molecule has 1 amide bonds. The quantitative estimate of drug-likeness (QED) is 0.879. The molecule has 2 atom stereocenters. The Balaban J connectivity index is 1.82. The molecule has 21 heavy (non-hydrogen) atoms. The molecule has 0 spiro atoms. The van der Waals surface area contributed by atoms with Crippen molar-refractivity contribution in [3.63, 3.8) is 0 Å². The molecule has 0 radical (unpaired) electrons. The maximum absolute atomic E-state index is 12.1. The van der Waals surface area contributed by atoms with Crippen LogP contribution in [0.3, 0.4) is 0 Å². The molecule has 1 aromatic rings. The van der Waals surface area contributed by atoms with Crippen LogP contribution in [0.5, 0.6) is 0 Å². The van der Waals surface area contributed by atoms with Crippen LogP contribution in [0.4, 0.5) is 5.69 Å². The van der Waals surface area contributed by atoms with E-state index in [1.807, 2.05) is 26.0 Å². The first kappa shape index (κ1) is 16.0. The van der Waals surface area contributed by atoms with Gasteiger partial charge in [-0.15, -0.1) is 0 Å². The van der Waals surface area contributed by atoms with Crippen LogP contribution in [0.2, 0.25) is 0 Å². The number of rotatable bonds is 4. The first-order chi connectivity index (χ1) is 9.92. The molecule has 2 rings (SSSR count). The van der Waals surface area contributed by atoms with Crippen molar-refractivity contribution in [3.05, 3.63) is 29.3 Å². The zero-order valence-electron chi connectivity index (χ0n) is 13.5. The van der Waals surface area contributed by atoms with Gasteiger partial charge in [-0.25, -0.2) is 0 Å². The zero-order chi connectivity index (χ0) is 15.4. The van der Waals surface area contributed by atoms with Gasteiger partial charge >= 0.3 is 0 Å². The lowest BCUT2D eigenvalue weighted by Gasteiger charge is -2.32. The number of hydrogen-bond donors (Lipinski definition) is 2. The molecule has 1 heterocycles. The number of aryl methyl sites for hydroxylation is 2. The summed E-state index contributed by atoms with van der Waals surface area (Å²) in [5.41, 5.74) is 3.25. The molecule has 0 unspecified atom stereocenters. The van der Waals surface area contributed by atoms with Crippen LogP contribution in [0.1, 0.15) is 31.4 Å². The van der Waals surface area contributed by atoms with Crippen molar-refractivity contribution in [2.24, 2.45) is 0 Å². The van der Waals surface area contributed by atoms with Crippen molar-refractivity contribution in [2.75, 3.05) is 25.0 Å². The number of ether oxygens (including phenoxy) is 1. The van der Waals surface area contributed by atoms with Crippen molar-refractivity contribution in [1.29, 1.82) is 0 Å². The highest BCUT2D eigenvalue weighted by atomic mass is 16.5. The molecule has 1 aromatic carbocycles. The number of hydrogen-bond acceptors (Lipinski definition) is 2. The second-order valence-electron chi connectivity index (χ2n) is 6.34. The average Bonchev–Trinajstić information content (AvgIpc) is 2.34. The number of nitrogens with one attached hydrogen (secondary N) is 2. The second-order valence-corrected chi connectivity index (χ2v) is 6.34. The molecule has 1 fully saturated rings. The van der Waals surface area contributed by atoms with Gasteiger partial charge in [0, 0.05) is 5.69 Å². The van der Waals surface area contributed by atoms with Crippen LogP contribution in [0.25, 0.3) is 0 Å². The summed E-state index contributed by atoms with van der Waals surface area (Å²) in [5.74, 6) is 0.0966. The highest BCUT2D eigenvalue weighted by Gasteiger charge is 2.25. The summed E-state index contributed by atoms with van der Waals surface area (Å²) < 4.78 is 5.72. The molecule has 0 aliphatic carbocycles. The first-order valence-corrected chi connectivity index (χ1v) is 7.79. The van der Waals surface area contributed by atoms with Crippen molar-refractivity contribution >= 4 is 11.6 Å². The fourth-order valence-corrected chi connectivity index (χ4v) is 3.15. The molecule has 1 aliphatic heterocycles. The van der Waals surface area contributed by atoms with Gasteiger partial charge in [-0.3, -0.25) is 4.79 Å². The number of amides is 1. The SMILES string of the molecule is Cc1cc(C)cc(NC(=O)CC[NH+]2C[C@@H](C)O[C@H](C)C2)c1. The number of carbonyl (C=O) groups is 1. The summed E-state index contributed by atoms with van der Waals surface area (Å²) in [4.78, 5) is 13.5. The highest BCUT2D eigenvalue weighted by molar-refractivity contribution is 5.90. The summed E-state index contributed by atoms with van der Waals surface area (Å²) in [5, 5.41) is 3.00. The van der Waals surface area contributed by atoms with Crippen LogP contribution < -0.4 is 10.2 Å². The van der Waals surface area contributed by atoms with E-state index in [0.717, 1.165) is 25.3 Å². The van der Waals surface area contributed by atoms with E-state index in [2.05, 4.69) is 25.2 Å². The third kappa shape index (κ3) is 5.14. The Morgan fingerprint density at radius 2 is 1.76 bits per heavy atom. The predicted molar refractivity (Wildman–Crippen MR) is 84.7 cm³/mol. The lowest BCUT2D eigenvalue weighted by atomic mass is 10.1. The summed E-state index contributed by atoms with van der Waals surface area (Å²) in [7, 11) is 0. The normalized spacial score (nSPS) is 25.6. The summed E-state index contributed by atoms with van der Waals surface area (Å²) >= 11 is 0. The lowest BCUT2D eigenvalue weighted by molar-refractivity contribution is -0.914. The van der Waals surface area contributed by atoms with Gasteiger partial charge in [0.1, 0.15) is 25.3 Å². The van der Waals surface area contributed by atoms with Gasteiger partial charge in [-0.1, -0.05) is 6.07 Å². The second kappa shape index (κ2) is 7.05. The fourth-order valence-electron chi connectivity index (χ4n) is 3.15. The van der Waals surface area contributed by atoms with Gasteiger partial charge in [0.05, 0.1) is 13.0 Å². The van der Waals surface area contributed by atoms with Crippen LogP contribution in [-0.4, -0.2) is 37.7 Å². The van der Waals surface area contributed by atoms with Crippen LogP contribution in [0, 0.1) is 13.8 Å². The maximum atomic E-state index is 12.1. The van der Waals surface area contributed by atoms with Crippen molar-refractivity contribution < 1.29 is 14.4 Å². The predicted octanol–water partition coefficient (Wildman–Crippen LogP) is 1.32. The molecule has 0 saturated carbocycles. The monoisotopic (exact) mass is 291 g/mol. The molecular formula is C17H27N2O2+. The number of quaternary nitrogens is 1. The minimum Gasteiger partial charge on any atom is -0.364 e. The Kier molecular flexibility index (Phi) is 5.37. The lowest BCUT2D eigenvalue weighted by Crippen LogP contribution is -3.15. The van der Waals surface area contributed by atoms with Gasteiger partial charge in [-0.2, -0.15) is 0 Å². The van der Waals surface area contributed by atoms with E-state index in [4.69, 9.17) is 4.74 Å². The molecule has 2 N–H and O–H groups in total. The smallest absolute Gasteiger partial charge is 0.230 e. The molecule has 1 aliphatic rings. The first-order valence-electron chi connectivity index (χ1n) is 7.79. The molecule has 0 bridgehead atoms. The van der Waals surface area contributed by atoms with Gasteiger partial charge in [0.15, 0.2) is 0 Å². The van der Waals surface area contributed by atoms with Gasteiger partial charge in [0.2, 0.25) is 5.91 Å². The molecule has 4 nitrogen and oxygen atoms in total. The van der Waals surface area contributed by atoms with Crippen LogP contribution in [0.15, 0.2) is 18.2 Å². The minimum atomic E-state index is 0.0966. The van der Waals surface area contributed by atoms with Crippen molar-refractivity contribution in [3.8, 4) is 0 Å². The van der Waals surface area contributed by atoms with Gasteiger partial charge in [-0.05, 0) is 51.0 Å². The molecular weight excluding hydrogens is 264 g/mol. The number of benzene rings is 1. The third-order valence-corrected chi connectivity index (χ3v) is 3.83. The van der Waals surface area contributed by atoms with E-state index in [1.165, 1.54) is 16.0 Å². The van der Waals surface area contributed by atoms with E-state index in [1.54, 1.807) is 0 Å². The van der Waals surface area contributed by atoms with E-state index >= 15 is 0 Å². The Hall–Kier alpha value is -1.39. The van der Waals surface area contributed by atoms with Crippen molar-refractivity contribution in [2.45, 2.75) is 46.3 Å². The Morgan fingerprint density at radius 1 is 1.19 bits per heavy atom. The van der Waals surface area contributed by atoms with Gasteiger partial charge in [0.25, 0.3) is 0 Å². The molecule has 1 saturated heterocycles. The Morgan fingerprint density at radius 3 is 2.33 bits per heavy atom. The number of anilines is 1. The van der Waals surface area contributed by atoms with E-state index in [-0.39, 0.29) is 18.1 Å². The number of carbonyl (C=O) groups excluding carboxylic acids is 1. The third-order valence-electron chi connectivity index (χ3n) is 3.83. The molecule has 0 aromatic heterocycles. The van der Waals surface area contributed by atoms with E-state index in [0.29, 0.717) is 6.42 Å². The highest BCUT2D eigenvalue weighted by Crippen LogP contribution is 2.13. The standard InChI is InChI=1S/C17H26N2O2/c1-12-7-13(2)9-16(8-12)18-17(20)5-6-19-10-14(3)21-15(4)11-19/h7-9,14-15H,5-6,10-11H2,1-4H3,(H,18,20)/p+1/t14-,15-/m1/s1. The Labute approximate surface area is 127 Å². The minimum absolute atomic E-state index is 0.0966. The molecule has 4 heteroatoms. The van der Waals surface area contributed by atoms with Gasteiger partial charge < -0.3 is 15.0 Å². The van der Waals surface area contributed by atoms with Crippen LogP contribution in [-0.2, 0) is 9.53 Å². The van der Waals surface area contributed by atoms with Crippen LogP contribution >= 0.6 is 0 Å². The van der Waals surface area contributed by atoms with E-state index < -0.39 is 0 Å². The average molecular weight is 291 g/mol. The largest absolute Gasteiger partial charge is 0.364 e. The van der Waals surface area contributed by atoms with E-state index in [9.17, 15) is 4.79 Å². The fraction of sp³-hybridized carbons (Fsp3) is 0.588. The zero-order valence-corrected chi connectivity index (χ0v) is 13.5. The van der Waals surface area contributed by atoms with Crippen molar-refractivity contribution in [1.82, 2.24) is 0 Å². The summed E-state index contributed by atoms with van der Waals surface area (Å²) in [6.45, 7) is 11.1. The molecule has 116 valence electrons. The number of morpholine rings is 1. The topological polar surface area (TPSA) is 42.8 Å². The maximum Gasteiger partial charge on any atom is 0.230 e. The summed E-state index contributed by atoms with van der Waals surface area (Å²) in [6.07, 6.45) is 1.12. The summed E-state index contributed by atoms with van der Waals surface area (Å²) in [6, 6.07) is 6.13.